The van der Waals surface area contributed by atoms with Gasteiger partial charge in [0.25, 0.3) is 0 Å². The Morgan fingerprint density at radius 2 is 1.92 bits per heavy atom. The van der Waals surface area contributed by atoms with Crippen LogP contribution in [0.3, 0.4) is 0 Å². The van der Waals surface area contributed by atoms with Crippen molar-refractivity contribution in [2.45, 2.75) is 6.42 Å². The van der Waals surface area contributed by atoms with E-state index in [1.165, 1.54) is 10.4 Å². The molecule has 25 heavy (non-hydrogen) atoms. The second-order valence-corrected chi connectivity index (χ2v) is 7.50. The first-order valence-electron chi connectivity index (χ1n) is 7.65. The van der Waals surface area contributed by atoms with E-state index in [9.17, 15) is 4.79 Å². The largest absolute Gasteiger partial charge is 0.478 e. The Balaban J connectivity index is 1.61. The van der Waals surface area contributed by atoms with E-state index in [-0.39, 0.29) is 5.56 Å². The van der Waals surface area contributed by atoms with Crippen LogP contribution in [0.15, 0.2) is 54.6 Å². The number of carboxylic acids is 1. The number of aromatic carboxylic acids is 1. The highest BCUT2D eigenvalue weighted by Gasteiger charge is 2.09. The van der Waals surface area contributed by atoms with E-state index in [4.69, 9.17) is 16.7 Å². The zero-order chi connectivity index (χ0) is 17.4. The third-order valence-electron chi connectivity index (χ3n) is 3.96. The van der Waals surface area contributed by atoms with Crippen molar-refractivity contribution in [2.75, 3.05) is 0 Å². The molecule has 0 saturated heterocycles. The lowest BCUT2D eigenvalue weighted by atomic mass is 10.1. The molecule has 0 aliphatic heterocycles. The minimum absolute atomic E-state index is 0.232. The zero-order valence-electron chi connectivity index (χ0n) is 13.0. The van der Waals surface area contributed by atoms with Gasteiger partial charge in [-0.15, -0.1) is 11.3 Å². The number of imidazole rings is 1. The lowest BCUT2D eigenvalue weighted by Crippen LogP contribution is -1.94. The van der Waals surface area contributed by atoms with Gasteiger partial charge in [-0.2, -0.15) is 0 Å². The van der Waals surface area contributed by atoms with Gasteiger partial charge in [-0.3, -0.25) is 0 Å². The lowest BCUT2D eigenvalue weighted by molar-refractivity contribution is 0.0697. The number of H-pyrrole nitrogens is 1. The third-order valence-corrected chi connectivity index (χ3v) is 5.20. The summed E-state index contributed by atoms with van der Waals surface area (Å²) in [7, 11) is 0. The summed E-state index contributed by atoms with van der Waals surface area (Å²) < 4.78 is 0.801. The number of benzene rings is 2. The van der Waals surface area contributed by atoms with Gasteiger partial charge in [0.05, 0.1) is 20.9 Å². The molecule has 2 N–H and O–H groups in total. The molecule has 0 radical (unpaired) electrons. The van der Waals surface area contributed by atoms with Crippen molar-refractivity contribution in [2.24, 2.45) is 0 Å². The Morgan fingerprint density at radius 3 is 2.60 bits per heavy atom. The molecule has 0 unspecified atom stereocenters. The van der Waals surface area contributed by atoms with Gasteiger partial charge in [0.1, 0.15) is 5.82 Å². The highest BCUT2D eigenvalue weighted by molar-refractivity contribution is 7.16. The van der Waals surface area contributed by atoms with Crippen LogP contribution in [0.4, 0.5) is 0 Å². The molecule has 124 valence electrons. The van der Waals surface area contributed by atoms with E-state index in [0.29, 0.717) is 5.52 Å². The molecule has 2 aromatic carbocycles. The van der Waals surface area contributed by atoms with Crippen LogP contribution >= 0.6 is 22.9 Å². The van der Waals surface area contributed by atoms with Gasteiger partial charge in [-0.25, -0.2) is 9.78 Å². The van der Waals surface area contributed by atoms with Gasteiger partial charge >= 0.3 is 5.97 Å². The van der Waals surface area contributed by atoms with Crippen LogP contribution in [-0.4, -0.2) is 21.0 Å². The van der Waals surface area contributed by atoms with Gasteiger partial charge in [0.15, 0.2) is 0 Å². The monoisotopic (exact) mass is 368 g/mol. The molecule has 0 aliphatic rings. The average molecular weight is 369 g/mol. The van der Waals surface area contributed by atoms with E-state index in [2.05, 4.69) is 22.1 Å². The van der Waals surface area contributed by atoms with Crippen molar-refractivity contribution in [3.05, 3.63) is 74.9 Å². The number of fused-ring (bicyclic) bond motifs is 1. The van der Waals surface area contributed by atoms with Crippen LogP contribution in [0.1, 0.15) is 20.8 Å². The number of aromatic amines is 1. The summed E-state index contributed by atoms with van der Waals surface area (Å²) >= 11 is 7.56. The molecular formula is C19H13ClN2O2S. The first-order chi connectivity index (χ1) is 12.1. The number of halogens is 1. The second kappa shape index (κ2) is 6.35. The number of nitrogens with one attached hydrogen (secondary N) is 1. The summed E-state index contributed by atoms with van der Waals surface area (Å²) in [6, 6.07) is 17.0. The van der Waals surface area contributed by atoms with E-state index in [0.717, 1.165) is 27.7 Å². The Hall–Kier alpha value is -2.63. The van der Waals surface area contributed by atoms with E-state index >= 15 is 0 Å². The van der Waals surface area contributed by atoms with Gasteiger partial charge in [0, 0.05) is 16.9 Å². The molecule has 4 rings (SSSR count). The molecule has 0 spiro atoms. The van der Waals surface area contributed by atoms with Crippen molar-refractivity contribution in [1.82, 2.24) is 9.97 Å². The topological polar surface area (TPSA) is 66.0 Å². The normalized spacial score (nSPS) is 11.1. The number of hydrogen-bond donors (Lipinski definition) is 2. The minimum atomic E-state index is -0.954. The number of nitrogens with zero attached hydrogens (tertiary/aromatic N) is 1. The summed E-state index contributed by atoms with van der Waals surface area (Å²) in [4.78, 5) is 20.0. The Labute approximate surface area is 152 Å². The molecule has 0 aliphatic carbocycles. The summed E-state index contributed by atoms with van der Waals surface area (Å²) in [5, 5.41) is 9.08. The van der Waals surface area contributed by atoms with Crippen LogP contribution < -0.4 is 0 Å². The van der Waals surface area contributed by atoms with Gasteiger partial charge in [-0.05, 0) is 35.9 Å². The van der Waals surface area contributed by atoms with Crippen LogP contribution in [-0.2, 0) is 6.42 Å². The maximum Gasteiger partial charge on any atom is 0.335 e. The van der Waals surface area contributed by atoms with Crippen LogP contribution in [0.2, 0.25) is 4.34 Å². The summed E-state index contributed by atoms with van der Waals surface area (Å²) in [5.74, 6) is -0.229. The highest BCUT2D eigenvalue weighted by Crippen LogP contribution is 2.26. The third kappa shape index (κ3) is 3.29. The van der Waals surface area contributed by atoms with Gasteiger partial charge in [-0.1, -0.05) is 35.9 Å². The average Bonchev–Trinajstić information content (AvgIpc) is 3.20. The SMILES string of the molecule is O=C(O)c1ccc2[nH]c(-c3ccc(Cc4ccc(Cl)s4)cc3)nc2c1. The van der Waals surface area contributed by atoms with Crippen molar-refractivity contribution < 1.29 is 9.90 Å². The van der Waals surface area contributed by atoms with Gasteiger partial charge < -0.3 is 10.1 Å². The molecule has 0 atom stereocenters. The first-order valence-corrected chi connectivity index (χ1v) is 8.84. The van der Waals surface area contributed by atoms with Crippen LogP contribution in [0.25, 0.3) is 22.4 Å². The second-order valence-electron chi connectivity index (χ2n) is 5.70. The number of carboxylic acid groups (broad SMARTS) is 1. The fourth-order valence-electron chi connectivity index (χ4n) is 2.70. The Bertz CT molecular complexity index is 1070. The van der Waals surface area contributed by atoms with E-state index in [1.807, 2.05) is 24.3 Å². The predicted molar refractivity (Wildman–Crippen MR) is 101 cm³/mol. The van der Waals surface area contributed by atoms with E-state index < -0.39 is 5.97 Å². The number of rotatable bonds is 4. The smallest absolute Gasteiger partial charge is 0.335 e. The summed E-state index contributed by atoms with van der Waals surface area (Å²) in [6.45, 7) is 0. The Morgan fingerprint density at radius 1 is 1.12 bits per heavy atom. The number of hydrogen-bond acceptors (Lipinski definition) is 3. The summed E-state index contributed by atoms with van der Waals surface area (Å²) in [6.07, 6.45) is 0.847. The van der Waals surface area contributed by atoms with Crippen molar-refractivity contribution in [3.63, 3.8) is 0 Å². The molecule has 0 fully saturated rings. The maximum absolute atomic E-state index is 11.1. The van der Waals surface area contributed by atoms with Crippen LogP contribution in [0, 0.1) is 0 Å². The van der Waals surface area contributed by atoms with Crippen molar-refractivity contribution in [1.29, 1.82) is 0 Å². The highest BCUT2D eigenvalue weighted by atomic mass is 35.5. The molecule has 0 amide bonds. The van der Waals surface area contributed by atoms with Crippen molar-refractivity contribution in [3.8, 4) is 11.4 Å². The molecule has 0 saturated carbocycles. The quantitative estimate of drug-likeness (QED) is 0.518. The van der Waals surface area contributed by atoms with Gasteiger partial charge in [0.2, 0.25) is 0 Å². The summed E-state index contributed by atoms with van der Waals surface area (Å²) in [5.41, 5.74) is 3.85. The lowest BCUT2D eigenvalue weighted by Gasteiger charge is -2.01. The fourth-order valence-corrected chi connectivity index (χ4v) is 3.83. The molecule has 6 heteroatoms. The molecule has 4 aromatic rings. The van der Waals surface area contributed by atoms with E-state index in [1.54, 1.807) is 29.5 Å². The molecule has 2 aromatic heterocycles. The molecule has 2 heterocycles. The number of aromatic nitrogens is 2. The number of thiophene rings is 1. The predicted octanol–water partition coefficient (Wildman–Crippen LogP) is 5.23. The van der Waals surface area contributed by atoms with Crippen LogP contribution in [0.5, 0.6) is 0 Å². The molecular weight excluding hydrogens is 356 g/mol. The number of carbonyl (C=O) groups is 1. The maximum atomic E-state index is 11.1. The zero-order valence-corrected chi connectivity index (χ0v) is 14.6. The Kier molecular flexibility index (Phi) is 4.03. The first kappa shape index (κ1) is 15.9. The van der Waals surface area contributed by atoms with Crippen molar-refractivity contribution >= 4 is 39.9 Å². The molecule has 0 bridgehead atoms. The minimum Gasteiger partial charge on any atom is -0.478 e. The standard InChI is InChI=1S/C19H13ClN2O2S/c20-17-8-6-14(25-17)9-11-1-3-12(4-2-11)18-21-15-7-5-13(19(23)24)10-16(15)22-18/h1-8,10H,9H2,(H,21,22)(H,23,24). The fraction of sp³-hybridized carbons (Fsp3) is 0.0526. The molecule has 4 nitrogen and oxygen atoms in total.